The van der Waals surface area contributed by atoms with Crippen LogP contribution in [0.4, 0.5) is 0 Å². The molecule has 1 aromatic carbocycles. The number of amides is 1. The zero-order valence-corrected chi connectivity index (χ0v) is 12.2. The first kappa shape index (κ1) is 13.6. The van der Waals surface area contributed by atoms with Crippen molar-refractivity contribution in [3.8, 4) is 0 Å². The van der Waals surface area contributed by atoms with Crippen molar-refractivity contribution in [2.45, 2.75) is 38.3 Å². The van der Waals surface area contributed by atoms with E-state index in [0.717, 1.165) is 23.9 Å². The Bertz CT molecular complexity index is 405. The fourth-order valence-corrected chi connectivity index (χ4v) is 2.58. The highest BCUT2D eigenvalue weighted by molar-refractivity contribution is 9.10. The number of halogens is 1. The quantitative estimate of drug-likeness (QED) is 0.901. The maximum absolute atomic E-state index is 11.5. The van der Waals surface area contributed by atoms with E-state index in [1.54, 1.807) is 0 Å². The normalized spacial score (nSPS) is 22.1. The SMILES string of the molecule is C[C@@H](NC1CCCNC(=O)C1)c1ccc(Br)cc1. The van der Waals surface area contributed by atoms with E-state index >= 15 is 0 Å². The molecule has 0 bridgehead atoms. The molecule has 98 valence electrons. The zero-order valence-electron chi connectivity index (χ0n) is 10.6. The summed E-state index contributed by atoms with van der Waals surface area (Å²) >= 11 is 3.44. The molecule has 1 aromatic rings. The summed E-state index contributed by atoms with van der Waals surface area (Å²) in [6, 6.07) is 8.87. The average molecular weight is 311 g/mol. The topological polar surface area (TPSA) is 41.1 Å². The molecule has 0 radical (unpaired) electrons. The molecule has 2 rings (SSSR count). The van der Waals surface area contributed by atoms with Gasteiger partial charge >= 0.3 is 0 Å². The molecule has 2 N–H and O–H groups in total. The monoisotopic (exact) mass is 310 g/mol. The van der Waals surface area contributed by atoms with E-state index in [4.69, 9.17) is 0 Å². The molecule has 0 spiro atoms. The summed E-state index contributed by atoms with van der Waals surface area (Å²) < 4.78 is 1.09. The molecule has 18 heavy (non-hydrogen) atoms. The van der Waals surface area contributed by atoms with Crippen molar-refractivity contribution in [1.82, 2.24) is 10.6 Å². The number of carbonyl (C=O) groups excluding carboxylic acids is 1. The predicted molar refractivity (Wildman–Crippen MR) is 76.3 cm³/mol. The van der Waals surface area contributed by atoms with Crippen molar-refractivity contribution in [3.05, 3.63) is 34.3 Å². The van der Waals surface area contributed by atoms with E-state index in [9.17, 15) is 4.79 Å². The lowest BCUT2D eigenvalue weighted by atomic mass is 10.0. The molecule has 1 aliphatic heterocycles. The Balaban J connectivity index is 1.95. The first-order valence-electron chi connectivity index (χ1n) is 6.43. The van der Waals surface area contributed by atoms with E-state index in [-0.39, 0.29) is 18.0 Å². The van der Waals surface area contributed by atoms with Gasteiger partial charge < -0.3 is 10.6 Å². The molecule has 4 heteroatoms. The largest absolute Gasteiger partial charge is 0.356 e. The van der Waals surface area contributed by atoms with Crippen LogP contribution in [0.2, 0.25) is 0 Å². The van der Waals surface area contributed by atoms with Crippen molar-refractivity contribution >= 4 is 21.8 Å². The van der Waals surface area contributed by atoms with Crippen molar-refractivity contribution in [3.63, 3.8) is 0 Å². The smallest absolute Gasteiger partial charge is 0.221 e. The summed E-state index contributed by atoms with van der Waals surface area (Å²) in [5.74, 6) is 0.160. The van der Waals surface area contributed by atoms with Crippen LogP contribution < -0.4 is 10.6 Å². The Kier molecular flexibility index (Phi) is 4.78. The third-order valence-electron chi connectivity index (χ3n) is 3.34. The Morgan fingerprint density at radius 1 is 1.39 bits per heavy atom. The predicted octanol–water partition coefficient (Wildman–Crippen LogP) is 2.77. The highest BCUT2D eigenvalue weighted by atomic mass is 79.9. The van der Waals surface area contributed by atoms with E-state index in [1.165, 1.54) is 5.56 Å². The molecule has 1 saturated heterocycles. The molecular weight excluding hydrogens is 292 g/mol. The summed E-state index contributed by atoms with van der Waals surface area (Å²) in [5, 5.41) is 6.46. The van der Waals surface area contributed by atoms with Gasteiger partial charge in [0.15, 0.2) is 0 Å². The van der Waals surface area contributed by atoms with Crippen LogP contribution >= 0.6 is 15.9 Å². The average Bonchev–Trinajstić information content (AvgIpc) is 2.54. The fourth-order valence-electron chi connectivity index (χ4n) is 2.32. The van der Waals surface area contributed by atoms with Gasteiger partial charge in [-0.2, -0.15) is 0 Å². The summed E-state index contributed by atoms with van der Waals surface area (Å²) in [5.41, 5.74) is 1.25. The van der Waals surface area contributed by atoms with Gasteiger partial charge in [0.25, 0.3) is 0 Å². The van der Waals surface area contributed by atoms with Crippen LogP contribution in [0.25, 0.3) is 0 Å². The van der Waals surface area contributed by atoms with E-state index in [2.05, 4.69) is 45.6 Å². The number of rotatable bonds is 3. The second kappa shape index (κ2) is 6.34. The molecule has 1 aliphatic rings. The van der Waals surface area contributed by atoms with Crippen LogP contribution in [0.3, 0.4) is 0 Å². The van der Waals surface area contributed by atoms with E-state index in [1.807, 2.05) is 12.1 Å². The van der Waals surface area contributed by atoms with Gasteiger partial charge in [-0.1, -0.05) is 28.1 Å². The first-order valence-corrected chi connectivity index (χ1v) is 7.22. The Morgan fingerprint density at radius 2 is 2.11 bits per heavy atom. The first-order chi connectivity index (χ1) is 8.65. The standard InChI is InChI=1S/C14H19BrN2O/c1-10(11-4-6-12(15)7-5-11)17-13-3-2-8-16-14(18)9-13/h4-7,10,13,17H,2-3,8-9H2,1H3,(H,16,18)/t10-,13?/m1/s1. The maximum atomic E-state index is 11.5. The van der Waals surface area contributed by atoms with Crippen molar-refractivity contribution < 1.29 is 4.79 Å². The minimum Gasteiger partial charge on any atom is -0.356 e. The zero-order chi connectivity index (χ0) is 13.0. The third kappa shape index (κ3) is 3.82. The summed E-state index contributed by atoms with van der Waals surface area (Å²) in [7, 11) is 0. The number of hydrogen-bond donors (Lipinski definition) is 2. The molecule has 0 aliphatic carbocycles. The Labute approximate surface area is 116 Å². The summed E-state index contributed by atoms with van der Waals surface area (Å²) in [6.07, 6.45) is 2.69. The minimum absolute atomic E-state index is 0.160. The lowest BCUT2D eigenvalue weighted by Crippen LogP contribution is -2.34. The van der Waals surface area contributed by atoms with Crippen LogP contribution in [0.5, 0.6) is 0 Å². The lowest BCUT2D eigenvalue weighted by molar-refractivity contribution is -0.121. The molecule has 1 unspecified atom stereocenters. The van der Waals surface area contributed by atoms with Crippen molar-refractivity contribution in [1.29, 1.82) is 0 Å². The van der Waals surface area contributed by atoms with E-state index in [0.29, 0.717) is 6.42 Å². The number of hydrogen-bond acceptors (Lipinski definition) is 2. The second-order valence-corrected chi connectivity index (χ2v) is 5.75. The Hall–Kier alpha value is -0.870. The van der Waals surface area contributed by atoms with Gasteiger partial charge in [0.1, 0.15) is 0 Å². The molecule has 1 amide bonds. The Morgan fingerprint density at radius 3 is 2.83 bits per heavy atom. The second-order valence-electron chi connectivity index (χ2n) is 4.83. The van der Waals surface area contributed by atoms with Gasteiger partial charge in [-0.25, -0.2) is 0 Å². The third-order valence-corrected chi connectivity index (χ3v) is 3.87. The highest BCUT2D eigenvalue weighted by Gasteiger charge is 2.19. The molecule has 2 atom stereocenters. The molecule has 0 saturated carbocycles. The van der Waals surface area contributed by atoms with Crippen LogP contribution in [0, 0.1) is 0 Å². The number of carbonyl (C=O) groups is 1. The molecule has 0 aromatic heterocycles. The van der Waals surface area contributed by atoms with Gasteiger partial charge in [0.2, 0.25) is 5.91 Å². The summed E-state index contributed by atoms with van der Waals surface area (Å²) in [6.45, 7) is 2.95. The fraction of sp³-hybridized carbons (Fsp3) is 0.500. The number of benzene rings is 1. The van der Waals surface area contributed by atoms with Crippen molar-refractivity contribution in [2.24, 2.45) is 0 Å². The molecule has 3 nitrogen and oxygen atoms in total. The van der Waals surface area contributed by atoms with Gasteiger partial charge in [-0.05, 0) is 37.5 Å². The maximum Gasteiger partial charge on any atom is 0.221 e. The van der Waals surface area contributed by atoms with Crippen LogP contribution in [0.1, 0.15) is 37.8 Å². The van der Waals surface area contributed by atoms with Crippen LogP contribution in [0.15, 0.2) is 28.7 Å². The van der Waals surface area contributed by atoms with E-state index < -0.39 is 0 Å². The number of nitrogens with one attached hydrogen (secondary N) is 2. The molecular formula is C14H19BrN2O. The molecule has 1 fully saturated rings. The van der Waals surface area contributed by atoms with Gasteiger partial charge in [-0.15, -0.1) is 0 Å². The van der Waals surface area contributed by atoms with Crippen LogP contribution in [-0.2, 0) is 4.79 Å². The molecule has 1 heterocycles. The van der Waals surface area contributed by atoms with Crippen LogP contribution in [-0.4, -0.2) is 18.5 Å². The van der Waals surface area contributed by atoms with Gasteiger partial charge in [0, 0.05) is 29.5 Å². The summed E-state index contributed by atoms with van der Waals surface area (Å²) in [4.78, 5) is 11.5. The highest BCUT2D eigenvalue weighted by Crippen LogP contribution is 2.18. The van der Waals surface area contributed by atoms with Gasteiger partial charge in [-0.3, -0.25) is 4.79 Å². The van der Waals surface area contributed by atoms with Gasteiger partial charge in [0.05, 0.1) is 0 Å². The lowest BCUT2D eigenvalue weighted by Gasteiger charge is -2.21. The van der Waals surface area contributed by atoms with Crippen molar-refractivity contribution in [2.75, 3.05) is 6.54 Å². The minimum atomic E-state index is 0.160.